The molecule has 0 radical (unpaired) electrons. The van der Waals surface area contributed by atoms with E-state index >= 15 is 0 Å². The lowest BCUT2D eigenvalue weighted by atomic mass is 10.2. The summed E-state index contributed by atoms with van der Waals surface area (Å²) in [5.41, 5.74) is 0. The number of aliphatic carboxylic acids is 1. The van der Waals surface area contributed by atoms with Crippen molar-refractivity contribution in [1.29, 1.82) is 0 Å². The fourth-order valence-electron chi connectivity index (χ4n) is 1.42. The van der Waals surface area contributed by atoms with E-state index in [-0.39, 0.29) is 18.9 Å². The Kier molecular flexibility index (Phi) is 10.3. The molecular weight excluding hydrogens is 238 g/mol. The van der Waals surface area contributed by atoms with Gasteiger partial charge in [-0.1, -0.05) is 0 Å². The van der Waals surface area contributed by atoms with Crippen molar-refractivity contribution in [2.24, 2.45) is 0 Å². The molecule has 0 bridgehead atoms. The number of ether oxygens (including phenoxy) is 2. The second kappa shape index (κ2) is 11.0. The van der Waals surface area contributed by atoms with Crippen LogP contribution in [0.15, 0.2) is 0 Å². The molecule has 0 aromatic heterocycles. The maximum absolute atomic E-state index is 11.4. The van der Waals surface area contributed by atoms with Crippen molar-refractivity contribution < 1.29 is 24.2 Å². The summed E-state index contributed by atoms with van der Waals surface area (Å²) in [4.78, 5) is 22.0. The van der Waals surface area contributed by atoms with E-state index in [1.54, 1.807) is 6.92 Å². The highest BCUT2D eigenvalue weighted by molar-refractivity contribution is 5.76. The number of carboxylic acid groups (broad SMARTS) is 1. The molecule has 0 spiro atoms. The smallest absolute Gasteiger partial charge is 0.306 e. The van der Waals surface area contributed by atoms with Crippen LogP contribution in [-0.2, 0) is 19.1 Å². The van der Waals surface area contributed by atoms with Crippen LogP contribution in [-0.4, -0.2) is 49.5 Å². The molecular formula is C12H23NO5. The normalized spacial score (nSPS) is 12.1. The Bertz CT molecular complexity index is 245. The van der Waals surface area contributed by atoms with Crippen LogP contribution < -0.4 is 5.32 Å². The Balaban J connectivity index is 3.74. The molecule has 0 aromatic carbocycles. The highest BCUT2D eigenvalue weighted by Crippen LogP contribution is 1.98. The molecule has 0 aromatic rings. The second-order valence-electron chi connectivity index (χ2n) is 3.78. The first-order valence-corrected chi connectivity index (χ1v) is 6.27. The predicted molar refractivity (Wildman–Crippen MR) is 66.4 cm³/mol. The van der Waals surface area contributed by atoms with Gasteiger partial charge in [-0.3, -0.25) is 9.59 Å². The summed E-state index contributed by atoms with van der Waals surface area (Å²) in [6.07, 6.45) is 0.472. The number of rotatable bonds is 11. The van der Waals surface area contributed by atoms with Crippen LogP contribution in [0.4, 0.5) is 0 Å². The Morgan fingerprint density at radius 3 is 2.56 bits per heavy atom. The average molecular weight is 261 g/mol. The van der Waals surface area contributed by atoms with Gasteiger partial charge in [-0.2, -0.15) is 0 Å². The maximum atomic E-state index is 11.4. The van der Waals surface area contributed by atoms with E-state index < -0.39 is 12.1 Å². The largest absolute Gasteiger partial charge is 0.481 e. The lowest BCUT2D eigenvalue weighted by molar-refractivity contribution is -0.140. The van der Waals surface area contributed by atoms with E-state index in [9.17, 15) is 9.59 Å². The van der Waals surface area contributed by atoms with Gasteiger partial charge in [0.25, 0.3) is 0 Å². The van der Waals surface area contributed by atoms with Crippen molar-refractivity contribution in [2.75, 3.05) is 26.4 Å². The fraction of sp³-hybridized carbons (Fsp3) is 0.833. The van der Waals surface area contributed by atoms with Crippen LogP contribution in [0.2, 0.25) is 0 Å². The maximum Gasteiger partial charge on any atom is 0.306 e. The third-order valence-corrected chi connectivity index (χ3v) is 2.23. The zero-order valence-electron chi connectivity index (χ0n) is 11.1. The topological polar surface area (TPSA) is 84.9 Å². The molecule has 0 aliphatic heterocycles. The average Bonchev–Trinajstić information content (AvgIpc) is 2.31. The molecule has 2 N–H and O–H groups in total. The number of carbonyl (C=O) groups is 2. The molecule has 6 heteroatoms. The van der Waals surface area contributed by atoms with Gasteiger partial charge in [0.15, 0.2) is 0 Å². The number of hydrogen-bond acceptors (Lipinski definition) is 4. The summed E-state index contributed by atoms with van der Waals surface area (Å²) in [5.74, 6) is -1.04. The summed E-state index contributed by atoms with van der Waals surface area (Å²) < 4.78 is 10.3. The molecule has 0 saturated carbocycles. The van der Waals surface area contributed by atoms with Crippen LogP contribution in [0.5, 0.6) is 0 Å². The van der Waals surface area contributed by atoms with E-state index in [0.29, 0.717) is 32.7 Å². The molecule has 0 aliphatic rings. The lowest BCUT2D eigenvalue weighted by Crippen LogP contribution is -2.35. The number of carbonyl (C=O) groups excluding carboxylic acids is 1. The summed E-state index contributed by atoms with van der Waals surface area (Å²) in [5, 5.41) is 11.3. The van der Waals surface area contributed by atoms with Crippen LogP contribution in [0.1, 0.15) is 33.1 Å². The second-order valence-corrected chi connectivity index (χ2v) is 3.78. The molecule has 106 valence electrons. The number of nitrogens with one attached hydrogen (secondary N) is 1. The van der Waals surface area contributed by atoms with Crippen molar-refractivity contribution >= 4 is 11.9 Å². The molecule has 1 atom stereocenters. The number of hydrogen-bond donors (Lipinski definition) is 2. The van der Waals surface area contributed by atoms with Crippen molar-refractivity contribution in [3.8, 4) is 0 Å². The fourth-order valence-corrected chi connectivity index (χ4v) is 1.42. The Morgan fingerprint density at radius 2 is 2.00 bits per heavy atom. The third-order valence-electron chi connectivity index (χ3n) is 2.23. The summed E-state index contributed by atoms with van der Waals surface area (Å²) in [7, 11) is 0. The quantitative estimate of drug-likeness (QED) is 0.537. The van der Waals surface area contributed by atoms with Gasteiger partial charge in [0.05, 0.1) is 12.5 Å². The van der Waals surface area contributed by atoms with E-state index in [2.05, 4.69) is 5.32 Å². The van der Waals surface area contributed by atoms with Crippen LogP contribution in [0.25, 0.3) is 0 Å². The molecule has 1 amide bonds. The first kappa shape index (κ1) is 16.9. The standard InChI is InChI=1S/C12H23NO5/c1-3-17-7-5-6-11(14)13-9-10(18-4-2)8-12(15)16/h10H,3-9H2,1-2H3,(H,13,14)(H,15,16). The Morgan fingerprint density at radius 1 is 1.28 bits per heavy atom. The van der Waals surface area contributed by atoms with E-state index in [0.717, 1.165) is 0 Å². The first-order chi connectivity index (χ1) is 8.60. The first-order valence-electron chi connectivity index (χ1n) is 6.27. The molecule has 0 fully saturated rings. The molecule has 18 heavy (non-hydrogen) atoms. The van der Waals surface area contributed by atoms with Gasteiger partial charge in [-0.15, -0.1) is 0 Å². The van der Waals surface area contributed by atoms with Crippen LogP contribution in [0.3, 0.4) is 0 Å². The van der Waals surface area contributed by atoms with Crippen molar-refractivity contribution in [3.05, 3.63) is 0 Å². The van der Waals surface area contributed by atoms with Crippen molar-refractivity contribution in [3.63, 3.8) is 0 Å². The molecule has 0 aliphatic carbocycles. The highest BCUT2D eigenvalue weighted by Gasteiger charge is 2.14. The van der Waals surface area contributed by atoms with Gasteiger partial charge >= 0.3 is 5.97 Å². The summed E-state index contributed by atoms with van der Waals surface area (Å²) >= 11 is 0. The van der Waals surface area contributed by atoms with E-state index in [1.165, 1.54) is 0 Å². The summed E-state index contributed by atoms with van der Waals surface area (Å²) in [6, 6.07) is 0. The van der Waals surface area contributed by atoms with Gasteiger partial charge < -0.3 is 19.9 Å². The number of carboxylic acids is 1. The van der Waals surface area contributed by atoms with Gasteiger partial charge in [0.1, 0.15) is 0 Å². The van der Waals surface area contributed by atoms with Gasteiger partial charge in [-0.05, 0) is 20.3 Å². The zero-order chi connectivity index (χ0) is 13.8. The molecule has 1 unspecified atom stereocenters. The van der Waals surface area contributed by atoms with E-state index in [1.807, 2.05) is 6.92 Å². The van der Waals surface area contributed by atoms with Crippen LogP contribution >= 0.6 is 0 Å². The molecule has 0 heterocycles. The monoisotopic (exact) mass is 261 g/mol. The predicted octanol–water partition coefficient (Wildman–Crippen LogP) is 0.799. The van der Waals surface area contributed by atoms with Crippen molar-refractivity contribution in [1.82, 2.24) is 5.32 Å². The van der Waals surface area contributed by atoms with Crippen molar-refractivity contribution in [2.45, 2.75) is 39.2 Å². The molecule has 0 saturated heterocycles. The minimum absolute atomic E-state index is 0.104. The van der Waals surface area contributed by atoms with Gasteiger partial charge in [0, 0.05) is 32.8 Å². The van der Waals surface area contributed by atoms with Crippen LogP contribution in [0, 0.1) is 0 Å². The number of amides is 1. The van der Waals surface area contributed by atoms with Gasteiger partial charge in [0.2, 0.25) is 5.91 Å². The Hall–Kier alpha value is -1.14. The Labute approximate surface area is 108 Å². The zero-order valence-corrected chi connectivity index (χ0v) is 11.1. The highest BCUT2D eigenvalue weighted by atomic mass is 16.5. The lowest BCUT2D eigenvalue weighted by Gasteiger charge is -2.15. The minimum Gasteiger partial charge on any atom is -0.481 e. The minimum atomic E-state index is -0.931. The molecule has 6 nitrogen and oxygen atoms in total. The molecule has 0 rings (SSSR count). The third kappa shape index (κ3) is 10.0. The van der Waals surface area contributed by atoms with E-state index in [4.69, 9.17) is 14.6 Å². The SMILES string of the molecule is CCOCCCC(=O)NCC(CC(=O)O)OCC. The summed E-state index contributed by atoms with van der Waals surface area (Å²) in [6.45, 7) is 5.56. The van der Waals surface area contributed by atoms with Gasteiger partial charge in [-0.25, -0.2) is 0 Å².